The van der Waals surface area contributed by atoms with Crippen LogP contribution in [-0.2, 0) is 4.79 Å². The van der Waals surface area contributed by atoms with E-state index in [2.05, 4.69) is 0 Å². The molecule has 0 fully saturated rings. The zero-order valence-electron chi connectivity index (χ0n) is 8.29. The van der Waals surface area contributed by atoms with Crippen molar-refractivity contribution in [3.05, 3.63) is 0 Å². The molecule has 0 spiro atoms. The van der Waals surface area contributed by atoms with Crippen molar-refractivity contribution < 1.29 is 14.3 Å². The Morgan fingerprint density at radius 2 is 2.23 bits per heavy atom. The van der Waals surface area contributed by atoms with Gasteiger partial charge in [-0.15, -0.1) is 0 Å². The number of hydrogen-bond donors (Lipinski definition) is 1. The minimum Gasteiger partial charge on any atom is -0.480 e. The second kappa shape index (κ2) is 6.83. The summed E-state index contributed by atoms with van der Waals surface area (Å²) in [5.74, 6) is -0.848. The van der Waals surface area contributed by atoms with Crippen LogP contribution in [0.3, 0.4) is 0 Å². The van der Waals surface area contributed by atoms with E-state index in [-0.39, 0.29) is 19.3 Å². The van der Waals surface area contributed by atoms with Crippen LogP contribution in [0.4, 0.5) is 4.39 Å². The van der Waals surface area contributed by atoms with Crippen LogP contribution in [-0.4, -0.2) is 41.8 Å². The van der Waals surface area contributed by atoms with Gasteiger partial charge in [0.2, 0.25) is 0 Å². The van der Waals surface area contributed by atoms with Gasteiger partial charge in [-0.05, 0) is 19.8 Å². The average Bonchev–Trinajstić information content (AvgIpc) is 2.10. The Morgan fingerprint density at radius 1 is 1.62 bits per heavy atom. The number of halogens is 1. The van der Waals surface area contributed by atoms with Gasteiger partial charge < -0.3 is 5.11 Å². The van der Waals surface area contributed by atoms with Gasteiger partial charge in [0, 0.05) is 12.6 Å². The van der Waals surface area contributed by atoms with Crippen molar-refractivity contribution in [1.82, 2.24) is 4.90 Å². The molecule has 0 aliphatic carbocycles. The van der Waals surface area contributed by atoms with Gasteiger partial charge in [-0.25, -0.2) is 0 Å². The molecule has 0 aliphatic heterocycles. The molecule has 0 aromatic carbocycles. The lowest BCUT2D eigenvalue weighted by Crippen LogP contribution is -2.37. The number of alkyl halides is 1. The molecule has 0 bridgehead atoms. The van der Waals surface area contributed by atoms with Crippen molar-refractivity contribution in [3.63, 3.8) is 0 Å². The molecule has 0 aromatic rings. The maximum atomic E-state index is 11.9. The second-order valence-electron chi connectivity index (χ2n) is 3.16. The smallest absolute Gasteiger partial charge is 0.317 e. The molecular formula is C9H18FNO2. The van der Waals surface area contributed by atoms with E-state index in [4.69, 9.17) is 5.11 Å². The van der Waals surface area contributed by atoms with Gasteiger partial charge in [0.15, 0.2) is 0 Å². The summed E-state index contributed by atoms with van der Waals surface area (Å²) in [5, 5.41) is 8.59. The number of carboxylic acid groups (broad SMARTS) is 1. The topological polar surface area (TPSA) is 40.5 Å². The van der Waals surface area contributed by atoms with Crippen LogP contribution in [0, 0.1) is 0 Å². The summed E-state index contributed by atoms with van der Waals surface area (Å²) in [5.41, 5.74) is 0. The van der Waals surface area contributed by atoms with Gasteiger partial charge in [-0.3, -0.25) is 14.1 Å². The summed E-state index contributed by atoms with van der Waals surface area (Å²) >= 11 is 0. The first-order valence-corrected chi connectivity index (χ1v) is 4.63. The van der Waals surface area contributed by atoms with Gasteiger partial charge in [0.1, 0.15) is 0 Å². The Morgan fingerprint density at radius 3 is 2.62 bits per heavy atom. The van der Waals surface area contributed by atoms with E-state index in [1.54, 1.807) is 4.90 Å². The quantitative estimate of drug-likeness (QED) is 0.663. The largest absolute Gasteiger partial charge is 0.480 e. The first-order valence-electron chi connectivity index (χ1n) is 4.63. The van der Waals surface area contributed by atoms with Gasteiger partial charge in [0.25, 0.3) is 0 Å². The molecule has 0 aliphatic rings. The number of nitrogens with zero attached hydrogens (tertiary/aromatic N) is 1. The van der Waals surface area contributed by atoms with Crippen LogP contribution in [0.1, 0.15) is 26.7 Å². The molecule has 1 unspecified atom stereocenters. The normalized spacial score (nSPS) is 13.2. The summed E-state index contributed by atoms with van der Waals surface area (Å²) in [6, 6.07) is 0.211. The van der Waals surface area contributed by atoms with Crippen LogP contribution in [0.25, 0.3) is 0 Å². The van der Waals surface area contributed by atoms with Crippen LogP contribution in [0.15, 0.2) is 0 Å². The van der Waals surface area contributed by atoms with E-state index < -0.39 is 5.97 Å². The minimum atomic E-state index is -0.848. The van der Waals surface area contributed by atoms with E-state index in [1.165, 1.54) is 0 Å². The van der Waals surface area contributed by atoms with Gasteiger partial charge in [-0.1, -0.05) is 6.92 Å². The summed E-state index contributed by atoms with van der Waals surface area (Å²) < 4.78 is 11.9. The lowest BCUT2D eigenvalue weighted by Gasteiger charge is -2.25. The molecule has 0 saturated heterocycles. The first kappa shape index (κ1) is 12.4. The lowest BCUT2D eigenvalue weighted by molar-refractivity contribution is -0.138. The number of carboxylic acids is 1. The predicted octanol–water partition coefficient (Wildman–Crippen LogP) is 1.53. The van der Waals surface area contributed by atoms with Crippen molar-refractivity contribution >= 4 is 5.97 Å². The average molecular weight is 191 g/mol. The van der Waals surface area contributed by atoms with E-state index in [0.717, 1.165) is 6.42 Å². The molecule has 0 radical (unpaired) electrons. The summed E-state index contributed by atoms with van der Waals surface area (Å²) in [6.07, 6.45) is 1.30. The Hall–Kier alpha value is -0.640. The Balaban J connectivity index is 3.94. The highest BCUT2D eigenvalue weighted by Gasteiger charge is 2.14. The molecule has 0 heterocycles. The van der Waals surface area contributed by atoms with Gasteiger partial charge >= 0.3 is 5.97 Å². The zero-order valence-corrected chi connectivity index (χ0v) is 8.29. The third-order valence-electron chi connectivity index (χ3n) is 2.13. The second-order valence-corrected chi connectivity index (χ2v) is 3.16. The molecule has 0 aromatic heterocycles. The van der Waals surface area contributed by atoms with Crippen molar-refractivity contribution in [2.45, 2.75) is 32.7 Å². The lowest BCUT2D eigenvalue weighted by atomic mass is 10.2. The highest BCUT2D eigenvalue weighted by atomic mass is 19.1. The van der Waals surface area contributed by atoms with Crippen LogP contribution in [0.2, 0.25) is 0 Å². The molecular weight excluding hydrogens is 173 g/mol. The number of hydrogen-bond acceptors (Lipinski definition) is 2. The van der Waals surface area contributed by atoms with Crippen molar-refractivity contribution in [2.24, 2.45) is 0 Å². The third kappa shape index (κ3) is 5.58. The molecule has 0 rings (SSSR count). The Kier molecular flexibility index (Phi) is 6.49. The standard InChI is InChI=1S/C9H18FNO2/c1-3-8(2)11(6-4-5-10)7-9(12)13/h8H,3-7H2,1-2H3,(H,12,13). The van der Waals surface area contributed by atoms with E-state index in [9.17, 15) is 9.18 Å². The van der Waals surface area contributed by atoms with Crippen LogP contribution < -0.4 is 0 Å². The summed E-state index contributed by atoms with van der Waals surface area (Å²) in [7, 11) is 0. The van der Waals surface area contributed by atoms with Crippen molar-refractivity contribution in [2.75, 3.05) is 19.8 Å². The van der Waals surface area contributed by atoms with E-state index >= 15 is 0 Å². The van der Waals surface area contributed by atoms with Gasteiger partial charge in [0.05, 0.1) is 13.2 Å². The SMILES string of the molecule is CCC(C)N(CCCF)CC(=O)O. The van der Waals surface area contributed by atoms with Gasteiger partial charge in [-0.2, -0.15) is 0 Å². The fourth-order valence-corrected chi connectivity index (χ4v) is 1.15. The van der Waals surface area contributed by atoms with E-state index in [0.29, 0.717) is 13.0 Å². The highest BCUT2D eigenvalue weighted by Crippen LogP contribution is 2.04. The fraction of sp³-hybridized carbons (Fsp3) is 0.889. The predicted molar refractivity (Wildman–Crippen MR) is 49.6 cm³/mol. The summed E-state index contributed by atoms with van der Waals surface area (Å²) in [4.78, 5) is 12.3. The number of carbonyl (C=O) groups is 1. The minimum absolute atomic E-state index is 0.00894. The molecule has 4 heteroatoms. The molecule has 1 atom stereocenters. The molecule has 0 saturated carbocycles. The maximum Gasteiger partial charge on any atom is 0.317 e. The molecule has 0 amide bonds. The maximum absolute atomic E-state index is 11.9. The highest BCUT2D eigenvalue weighted by molar-refractivity contribution is 5.69. The van der Waals surface area contributed by atoms with Crippen molar-refractivity contribution in [3.8, 4) is 0 Å². The fourth-order valence-electron chi connectivity index (χ4n) is 1.15. The van der Waals surface area contributed by atoms with E-state index in [1.807, 2.05) is 13.8 Å². The molecule has 78 valence electrons. The molecule has 3 nitrogen and oxygen atoms in total. The third-order valence-corrected chi connectivity index (χ3v) is 2.13. The molecule has 13 heavy (non-hydrogen) atoms. The number of aliphatic carboxylic acids is 1. The Bertz CT molecular complexity index is 153. The van der Waals surface area contributed by atoms with Crippen LogP contribution in [0.5, 0.6) is 0 Å². The zero-order chi connectivity index (χ0) is 10.3. The Labute approximate surface area is 78.5 Å². The monoisotopic (exact) mass is 191 g/mol. The van der Waals surface area contributed by atoms with Crippen molar-refractivity contribution in [1.29, 1.82) is 0 Å². The summed E-state index contributed by atoms with van der Waals surface area (Å²) in [6.45, 7) is 4.11. The number of rotatable bonds is 7. The van der Waals surface area contributed by atoms with Crippen LogP contribution >= 0.6 is 0 Å². The molecule has 1 N–H and O–H groups in total. The first-order chi connectivity index (χ1) is 6.11.